The molecule has 5 heteroatoms. The van der Waals surface area contributed by atoms with Crippen molar-refractivity contribution in [2.45, 2.75) is 58.3 Å². The van der Waals surface area contributed by atoms with E-state index in [0.29, 0.717) is 12.5 Å². The predicted octanol–water partition coefficient (Wildman–Crippen LogP) is 3.04. The van der Waals surface area contributed by atoms with Crippen LogP contribution in [0.25, 0.3) is 0 Å². The number of halogens is 3. The van der Waals surface area contributed by atoms with Crippen LogP contribution in [-0.4, -0.2) is 42.8 Å². The van der Waals surface area contributed by atoms with E-state index >= 15 is 0 Å². The van der Waals surface area contributed by atoms with Gasteiger partial charge in [0.25, 0.3) is 0 Å². The molecule has 1 aliphatic heterocycles. The molecule has 18 heavy (non-hydrogen) atoms. The Kier molecular flexibility index (Phi) is 5.92. The maximum Gasteiger partial charge on any atom is 0.393 e. The SMILES string of the molecule is CCC(CNC(C)C)N1CCCC(C(F)(F)F)C1. The van der Waals surface area contributed by atoms with Crippen LogP contribution >= 0.6 is 0 Å². The van der Waals surface area contributed by atoms with Gasteiger partial charge in [0.05, 0.1) is 5.92 Å². The fourth-order valence-corrected chi connectivity index (χ4v) is 2.51. The third-order valence-corrected chi connectivity index (χ3v) is 3.67. The van der Waals surface area contributed by atoms with Crippen molar-refractivity contribution in [3.63, 3.8) is 0 Å². The zero-order valence-corrected chi connectivity index (χ0v) is 11.6. The second-order valence-electron chi connectivity index (χ2n) is 5.50. The van der Waals surface area contributed by atoms with Gasteiger partial charge < -0.3 is 5.32 Å². The van der Waals surface area contributed by atoms with Crippen LogP contribution < -0.4 is 5.32 Å². The molecule has 0 aliphatic carbocycles. The van der Waals surface area contributed by atoms with Crippen molar-refractivity contribution < 1.29 is 13.2 Å². The van der Waals surface area contributed by atoms with E-state index in [-0.39, 0.29) is 19.0 Å². The molecule has 0 amide bonds. The zero-order valence-electron chi connectivity index (χ0n) is 11.6. The summed E-state index contributed by atoms with van der Waals surface area (Å²) in [7, 11) is 0. The number of piperidine rings is 1. The Morgan fingerprint density at radius 2 is 2.00 bits per heavy atom. The molecule has 1 saturated heterocycles. The molecule has 1 rings (SSSR count). The first-order chi connectivity index (χ1) is 8.34. The maximum absolute atomic E-state index is 12.8. The van der Waals surface area contributed by atoms with Crippen LogP contribution in [0.5, 0.6) is 0 Å². The topological polar surface area (TPSA) is 15.3 Å². The Balaban J connectivity index is 2.52. The molecule has 0 aromatic rings. The van der Waals surface area contributed by atoms with Crippen molar-refractivity contribution in [3.8, 4) is 0 Å². The summed E-state index contributed by atoms with van der Waals surface area (Å²) in [6.07, 6.45) is -2.21. The van der Waals surface area contributed by atoms with Crippen LogP contribution in [-0.2, 0) is 0 Å². The third-order valence-electron chi connectivity index (χ3n) is 3.67. The van der Waals surface area contributed by atoms with Gasteiger partial charge in [0.2, 0.25) is 0 Å². The van der Waals surface area contributed by atoms with Gasteiger partial charge in [-0.25, -0.2) is 0 Å². The lowest BCUT2D eigenvalue weighted by atomic mass is 9.95. The van der Waals surface area contributed by atoms with E-state index in [1.54, 1.807) is 0 Å². The van der Waals surface area contributed by atoms with Crippen LogP contribution in [0.2, 0.25) is 0 Å². The molecule has 1 N–H and O–H groups in total. The van der Waals surface area contributed by atoms with Gasteiger partial charge >= 0.3 is 6.18 Å². The van der Waals surface area contributed by atoms with Gasteiger partial charge in [0.15, 0.2) is 0 Å². The second kappa shape index (κ2) is 6.75. The molecule has 1 heterocycles. The minimum atomic E-state index is -4.04. The Bertz CT molecular complexity index is 241. The number of hydrogen-bond acceptors (Lipinski definition) is 2. The molecule has 1 fully saturated rings. The summed E-state index contributed by atoms with van der Waals surface area (Å²) in [6.45, 7) is 7.90. The summed E-state index contributed by atoms with van der Waals surface area (Å²) in [4.78, 5) is 2.01. The molecule has 108 valence electrons. The molecule has 0 spiro atoms. The number of nitrogens with one attached hydrogen (secondary N) is 1. The second-order valence-corrected chi connectivity index (χ2v) is 5.50. The Labute approximate surface area is 108 Å². The smallest absolute Gasteiger partial charge is 0.313 e. The summed E-state index contributed by atoms with van der Waals surface area (Å²) >= 11 is 0. The van der Waals surface area contributed by atoms with E-state index in [0.717, 1.165) is 19.5 Å². The first kappa shape index (κ1) is 15.8. The fraction of sp³-hybridized carbons (Fsp3) is 1.00. The van der Waals surface area contributed by atoms with Crippen molar-refractivity contribution in [2.24, 2.45) is 5.92 Å². The highest BCUT2D eigenvalue weighted by Gasteiger charge is 2.42. The fourth-order valence-electron chi connectivity index (χ4n) is 2.51. The largest absolute Gasteiger partial charge is 0.393 e. The Morgan fingerprint density at radius 1 is 1.33 bits per heavy atom. The van der Waals surface area contributed by atoms with Gasteiger partial charge in [-0.2, -0.15) is 13.2 Å². The van der Waals surface area contributed by atoms with E-state index < -0.39 is 12.1 Å². The quantitative estimate of drug-likeness (QED) is 0.823. The Hall–Kier alpha value is -0.290. The molecule has 2 nitrogen and oxygen atoms in total. The molecule has 2 atom stereocenters. The van der Waals surface area contributed by atoms with Gasteiger partial charge in [0.1, 0.15) is 0 Å². The number of alkyl halides is 3. The number of likely N-dealkylation sites (tertiary alicyclic amines) is 1. The maximum atomic E-state index is 12.8. The van der Waals surface area contributed by atoms with Crippen LogP contribution in [0.3, 0.4) is 0 Å². The van der Waals surface area contributed by atoms with E-state index in [9.17, 15) is 13.2 Å². The number of hydrogen-bond donors (Lipinski definition) is 1. The number of rotatable bonds is 5. The average molecular weight is 266 g/mol. The first-order valence-electron chi connectivity index (χ1n) is 6.88. The van der Waals surface area contributed by atoms with Gasteiger partial charge in [-0.3, -0.25) is 4.90 Å². The molecule has 0 aromatic carbocycles. The van der Waals surface area contributed by atoms with Crippen molar-refractivity contribution in [1.29, 1.82) is 0 Å². The summed E-state index contributed by atoms with van der Waals surface area (Å²) in [6, 6.07) is 0.597. The van der Waals surface area contributed by atoms with Crippen LogP contribution in [0.4, 0.5) is 13.2 Å². The summed E-state index contributed by atoms with van der Waals surface area (Å²) in [5.74, 6) is -1.14. The molecule has 0 saturated carbocycles. The lowest BCUT2D eigenvalue weighted by molar-refractivity contribution is -0.188. The van der Waals surface area contributed by atoms with Crippen LogP contribution in [0.1, 0.15) is 40.0 Å². The van der Waals surface area contributed by atoms with Crippen molar-refractivity contribution in [2.75, 3.05) is 19.6 Å². The van der Waals surface area contributed by atoms with Crippen LogP contribution in [0, 0.1) is 5.92 Å². The standard InChI is InChI=1S/C13H25F3N2/c1-4-12(8-17-10(2)3)18-7-5-6-11(9-18)13(14,15)16/h10-12,17H,4-9H2,1-3H3. The molecule has 0 aromatic heterocycles. The summed E-state index contributed by atoms with van der Waals surface area (Å²) in [5, 5.41) is 3.32. The first-order valence-corrected chi connectivity index (χ1v) is 6.88. The normalized spacial score (nSPS) is 24.5. The van der Waals surface area contributed by atoms with Crippen molar-refractivity contribution in [3.05, 3.63) is 0 Å². The van der Waals surface area contributed by atoms with E-state index in [4.69, 9.17) is 0 Å². The van der Waals surface area contributed by atoms with Crippen molar-refractivity contribution in [1.82, 2.24) is 10.2 Å². The highest BCUT2D eigenvalue weighted by Crippen LogP contribution is 2.33. The van der Waals surface area contributed by atoms with Gasteiger partial charge in [-0.1, -0.05) is 20.8 Å². The minimum Gasteiger partial charge on any atom is -0.313 e. The predicted molar refractivity (Wildman–Crippen MR) is 67.6 cm³/mol. The molecule has 2 unspecified atom stereocenters. The van der Waals surface area contributed by atoms with Gasteiger partial charge in [0, 0.05) is 25.2 Å². The molecule has 0 radical (unpaired) electrons. The molecule has 1 aliphatic rings. The third kappa shape index (κ3) is 4.76. The zero-order chi connectivity index (χ0) is 13.8. The lowest BCUT2D eigenvalue weighted by Crippen LogP contribution is -2.50. The van der Waals surface area contributed by atoms with Gasteiger partial charge in [-0.15, -0.1) is 0 Å². The lowest BCUT2D eigenvalue weighted by Gasteiger charge is -2.39. The summed E-state index contributed by atoms with van der Waals surface area (Å²) < 4.78 is 38.3. The molecular formula is C13H25F3N2. The molecule has 0 bridgehead atoms. The average Bonchev–Trinajstić information content (AvgIpc) is 2.29. The van der Waals surface area contributed by atoms with Crippen molar-refractivity contribution >= 4 is 0 Å². The summed E-state index contributed by atoms with van der Waals surface area (Å²) in [5.41, 5.74) is 0. The number of nitrogens with zero attached hydrogens (tertiary/aromatic N) is 1. The monoisotopic (exact) mass is 266 g/mol. The van der Waals surface area contributed by atoms with E-state index in [2.05, 4.69) is 19.2 Å². The van der Waals surface area contributed by atoms with E-state index in [1.165, 1.54) is 0 Å². The minimum absolute atomic E-state index is 0.168. The highest BCUT2D eigenvalue weighted by molar-refractivity contribution is 4.83. The molecular weight excluding hydrogens is 241 g/mol. The Morgan fingerprint density at radius 3 is 2.50 bits per heavy atom. The van der Waals surface area contributed by atoms with Gasteiger partial charge in [-0.05, 0) is 25.8 Å². The van der Waals surface area contributed by atoms with Crippen LogP contribution in [0.15, 0.2) is 0 Å². The van der Waals surface area contributed by atoms with E-state index in [1.807, 2.05) is 11.8 Å². The highest BCUT2D eigenvalue weighted by atomic mass is 19.4.